The minimum Gasteiger partial charge on any atom is -0.493 e. The van der Waals surface area contributed by atoms with Gasteiger partial charge in [0.2, 0.25) is 0 Å². The minimum atomic E-state index is -2.97. The van der Waals surface area contributed by atoms with Crippen LogP contribution < -0.4 is 34.2 Å². The fourth-order valence-electron chi connectivity index (χ4n) is 6.00. The molecule has 238 valence electrons. The molecule has 3 aromatic carbocycles. The molecule has 0 N–H and O–H groups in total. The Morgan fingerprint density at radius 2 is 1.54 bits per heavy atom. The Morgan fingerprint density at radius 1 is 0.891 bits per heavy atom. The van der Waals surface area contributed by atoms with E-state index in [9.17, 15) is 13.6 Å². The highest BCUT2D eigenvalue weighted by Gasteiger charge is 2.32. The third-order valence-corrected chi connectivity index (χ3v) is 9.29. The lowest BCUT2D eigenvalue weighted by molar-refractivity contribution is -0.0512. The first-order valence-electron chi connectivity index (χ1n) is 15.1. The number of allylic oxidation sites excluding steroid dienone is 2. The second-order valence-corrected chi connectivity index (χ2v) is 12.7. The number of nitrogens with zero attached hydrogens (tertiary/aromatic N) is 4. The largest absolute Gasteiger partial charge is 0.493 e. The number of methoxy groups -OCH3 is 1. The van der Waals surface area contributed by atoms with Crippen LogP contribution in [0.1, 0.15) is 42.0 Å². The molecule has 1 aliphatic carbocycles. The van der Waals surface area contributed by atoms with Crippen LogP contribution in [0.2, 0.25) is 0 Å². The highest BCUT2D eigenvalue weighted by atomic mass is 32.1. The summed E-state index contributed by atoms with van der Waals surface area (Å²) < 4.78 is 37.9. The quantitative estimate of drug-likeness (QED) is 0.228. The van der Waals surface area contributed by atoms with Gasteiger partial charge in [0, 0.05) is 39.6 Å². The van der Waals surface area contributed by atoms with Crippen molar-refractivity contribution in [3.63, 3.8) is 0 Å². The number of rotatable bonds is 8. The molecular weight excluding hydrogens is 606 g/mol. The molecule has 0 fully saturated rings. The second kappa shape index (κ2) is 13.0. The predicted molar refractivity (Wildman–Crippen MR) is 181 cm³/mol. The lowest BCUT2D eigenvalue weighted by atomic mass is 9.83. The zero-order chi connectivity index (χ0) is 32.5. The fourth-order valence-corrected chi connectivity index (χ4v) is 7.00. The predicted octanol–water partition coefficient (Wildman–Crippen LogP) is 6.22. The lowest BCUT2D eigenvalue weighted by Gasteiger charge is -2.31. The Bertz CT molecular complexity index is 1990. The fraction of sp³-hybridized carbons (Fsp3) is 0.278. The van der Waals surface area contributed by atoms with E-state index in [0.717, 1.165) is 58.6 Å². The van der Waals surface area contributed by atoms with Crippen molar-refractivity contribution >= 4 is 34.9 Å². The van der Waals surface area contributed by atoms with Gasteiger partial charge in [0.05, 0.1) is 23.4 Å². The van der Waals surface area contributed by atoms with Crippen molar-refractivity contribution in [2.45, 2.75) is 31.9 Å². The van der Waals surface area contributed by atoms with Gasteiger partial charge in [-0.1, -0.05) is 41.7 Å². The number of fused-ring (bicyclic) bond motifs is 1. The monoisotopic (exact) mass is 642 g/mol. The normalized spacial score (nSPS) is 17.1. The number of hydrogen-bond acceptors (Lipinski definition) is 7. The van der Waals surface area contributed by atoms with Crippen molar-refractivity contribution in [3.8, 4) is 11.5 Å². The summed E-state index contributed by atoms with van der Waals surface area (Å²) in [5, 5.41) is 0. The summed E-state index contributed by atoms with van der Waals surface area (Å²) in [5.74, 6) is 0.0881. The summed E-state index contributed by atoms with van der Waals surface area (Å²) in [7, 11) is 9.44. The van der Waals surface area contributed by atoms with Crippen molar-refractivity contribution in [1.82, 2.24) is 4.57 Å². The highest BCUT2D eigenvalue weighted by Crippen LogP contribution is 2.41. The highest BCUT2D eigenvalue weighted by molar-refractivity contribution is 7.07. The SMILES string of the molecule is COc1cc(/C=c2\sc3n(c2=O)[C@H](c2ccc(N(C)C)cc2)C2=C(N=3)/C(=C\c3ccc(N(C)C)cc3)CCC2)ccc1OC(F)F. The molecule has 0 radical (unpaired) electrons. The molecule has 0 bridgehead atoms. The van der Waals surface area contributed by atoms with E-state index in [4.69, 9.17) is 9.73 Å². The van der Waals surface area contributed by atoms with Gasteiger partial charge in [-0.3, -0.25) is 9.36 Å². The molecule has 0 amide bonds. The molecule has 1 aromatic heterocycles. The van der Waals surface area contributed by atoms with E-state index in [2.05, 4.69) is 69.1 Å². The minimum absolute atomic E-state index is 0.0689. The first kappa shape index (κ1) is 31.3. The Labute approximate surface area is 270 Å². The van der Waals surface area contributed by atoms with E-state index in [1.807, 2.05) is 28.2 Å². The van der Waals surface area contributed by atoms with E-state index in [1.54, 1.807) is 22.8 Å². The van der Waals surface area contributed by atoms with Crippen LogP contribution in [-0.4, -0.2) is 46.5 Å². The van der Waals surface area contributed by atoms with Gasteiger partial charge in [-0.2, -0.15) is 8.78 Å². The maximum Gasteiger partial charge on any atom is 0.387 e. The van der Waals surface area contributed by atoms with Gasteiger partial charge in [-0.25, -0.2) is 4.99 Å². The van der Waals surface area contributed by atoms with Gasteiger partial charge in [-0.05, 0) is 95.6 Å². The maximum absolute atomic E-state index is 14.2. The smallest absolute Gasteiger partial charge is 0.387 e. The number of alkyl halides is 2. The van der Waals surface area contributed by atoms with Gasteiger partial charge >= 0.3 is 6.61 Å². The van der Waals surface area contributed by atoms with Crippen LogP contribution in [-0.2, 0) is 0 Å². The molecule has 6 rings (SSSR count). The summed E-state index contributed by atoms with van der Waals surface area (Å²) in [6.07, 6.45) is 6.65. The van der Waals surface area contributed by atoms with Crippen molar-refractivity contribution in [3.05, 3.63) is 120 Å². The molecular formula is C36H36F2N4O3S. The third kappa shape index (κ3) is 6.22. The van der Waals surface area contributed by atoms with Gasteiger partial charge in [-0.15, -0.1) is 0 Å². The molecule has 46 heavy (non-hydrogen) atoms. The van der Waals surface area contributed by atoms with Crippen LogP contribution in [0.3, 0.4) is 0 Å². The van der Waals surface area contributed by atoms with Gasteiger partial charge < -0.3 is 19.3 Å². The summed E-state index contributed by atoms with van der Waals surface area (Å²) in [5.41, 5.74) is 8.05. The van der Waals surface area contributed by atoms with Crippen LogP contribution >= 0.6 is 11.3 Å². The molecule has 2 heterocycles. The zero-order valence-electron chi connectivity index (χ0n) is 26.5. The molecule has 7 nitrogen and oxygen atoms in total. The second-order valence-electron chi connectivity index (χ2n) is 11.7. The van der Waals surface area contributed by atoms with Gasteiger partial charge in [0.1, 0.15) is 0 Å². The average Bonchev–Trinajstić information content (AvgIpc) is 3.35. The summed E-state index contributed by atoms with van der Waals surface area (Å²) in [6, 6.07) is 21.1. The van der Waals surface area contributed by atoms with E-state index in [-0.39, 0.29) is 23.1 Å². The number of aromatic nitrogens is 1. The Balaban J connectivity index is 1.50. The van der Waals surface area contributed by atoms with Crippen LogP contribution in [0.25, 0.3) is 12.2 Å². The first-order chi connectivity index (χ1) is 22.1. The zero-order valence-corrected chi connectivity index (χ0v) is 27.3. The molecule has 2 aliphatic rings. The van der Waals surface area contributed by atoms with E-state index < -0.39 is 6.61 Å². The van der Waals surface area contributed by atoms with Crippen molar-refractivity contribution in [2.24, 2.45) is 4.99 Å². The van der Waals surface area contributed by atoms with Crippen molar-refractivity contribution in [2.75, 3.05) is 45.1 Å². The van der Waals surface area contributed by atoms with Crippen molar-refractivity contribution < 1.29 is 18.3 Å². The number of hydrogen-bond donors (Lipinski definition) is 0. The lowest BCUT2D eigenvalue weighted by Crippen LogP contribution is -2.39. The summed E-state index contributed by atoms with van der Waals surface area (Å²) in [6.45, 7) is -2.97. The van der Waals surface area contributed by atoms with Crippen molar-refractivity contribution in [1.29, 1.82) is 0 Å². The Hall–Kier alpha value is -4.70. The van der Waals surface area contributed by atoms with E-state index in [1.165, 1.54) is 24.5 Å². The molecule has 10 heteroatoms. The topological polar surface area (TPSA) is 59.3 Å². The van der Waals surface area contributed by atoms with Gasteiger partial charge in [0.15, 0.2) is 16.3 Å². The summed E-state index contributed by atoms with van der Waals surface area (Å²) >= 11 is 1.32. The van der Waals surface area contributed by atoms with E-state index in [0.29, 0.717) is 14.9 Å². The third-order valence-electron chi connectivity index (χ3n) is 8.31. The number of ether oxygens (including phenoxy) is 2. The molecule has 0 spiro atoms. The van der Waals surface area contributed by atoms with Crippen LogP contribution in [0.15, 0.2) is 93.4 Å². The Morgan fingerprint density at radius 3 is 2.17 bits per heavy atom. The molecule has 0 unspecified atom stereocenters. The molecule has 1 atom stereocenters. The van der Waals surface area contributed by atoms with Crippen LogP contribution in [0.5, 0.6) is 11.5 Å². The number of anilines is 2. The average molecular weight is 643 g/mol. The number of halogens is 2. The number of thiazole rings is 1. The Kier molecular flexibility index (Phi) is 8.82. The molecule has 0 saturated carbocycles. The molecule has 1 aliphatic heterocycles. The summed E-state index contributed by atoms with van der Waals surface area (Å²) in [4.78, 5) is 24.0. The molecule has 0 saturated heterocycles. The van der Waals surface area contributed by atoms with Crippen LogP contribution in [0.4, 0.5) is 20.2 Å². The molecule has 4 aromatic rings. The standard InChI is InChI=1S/C36H36F2N4O3S/c1-40(2)26-14-9-22(10-15-26)19-25-7-6-8-28-32(25)39-36-42(33(28)24-12-16-27(17-13-24)41(3)4)34(43)31(46-36)21-23-11-18-29(45-35(37)38)30(20-23)44-5/h9-21,33,35H,6-8H2,1-5H3/b25-19-,31-21-/t33-/m1/s1. The number of benzene rings is 3. The maximum atomic E-state index is 14.2. The van der Waals surface area contributed by atoms with E-state index >= 15 is 0 Å². The van der Waals surface area contributed by atoms with Crippen LogP contribution in [0, 0.1) is 0 Å². The van der Waals surface area contributed by atoms with Gasteiger partial charge in [0.25, 0.3) is 5.56 Å². The first-order valence-corrected chi connectivity index (χ1v) is 15.9.